The zero-order chi connectivity index (χ0) is 19.3. The Balaban J connectivity index is 1.37. The minimum atomic E-state index is -0.437. The van der Waals surface area contributed by atoms with Crippen LogP contribution in [-0.2, 0) is 16.1 Å². The number of hydrogen-bond donors (Lipinski definition) is 2. The third-order valence-corrected chi connectivity index (χ3v) is 5.13. The number of nitrogens with one attached hydrogen (secondary N) is 2. The van der Waals surface area contributed by atoms with Crippen molar-refractivity contribution in [1.82, 2.24) is 20.5 Å². The van der Waals surface area contributed by atoms with Crippen molar-refractivity contribution in [2.75, 3.05) is 32.8 Å². The second-order valence-corrected chi connectivity index (χ2v) is 7.12. The summed E-state index contributed by atoms with van der Waals surface area (Å²) in [4.78, 5) is 30.8. The van der Waals surface area contributed by atoms with Gasteiger partial charge in [-0.1, -0.05) is 18.2 Å². The Hall–Kier alpha value is -2.77. The first-order chi connectivity index (χ1) is 13.7. The van der Waals surface area contributed by atoms with Crippen LogP contribution in [0.25, 0.3) is 11.3 Å². The van der Waals surface area contributed by atoms with E-state index in [9.17, 15) is 9.59 Å². The van der Waals surface area contributed by atoms with E-state index in [2.05, 4.69) is 26.6 Å². The lowest BCUT2D eigenvalue weighted by atomic mass is 10.1. The number of pyridine rings is 1. The second-order valence-electron chi connectivity index (χ2n) is 7.12. The molecule has 2 amide bonds. The number of benzene rings is 1. The van der Waals surface area contributed by atoms with Gasteiger partial charge in [-0.3, -0.25) is 19.5 Å². The Morgan fingerprint density at radius 1 is 1.18 bits per heavy atom. The maximum absolute atomic E-state index is 12.3. The first-order valence-corrected chi connectivity index (χ1v) is 9.63. The number of aromatic nitrogens is 1. The van der Waals surface area contributed by atoms with Crippen molar-refractivity contribution in [1.29, 1.82) is 0 Å². The third kappa shape index (κ3) is 4.37. The Kier molecular flexibility index (Phi) is 5.64. The summed E-state index contributed by atoms with van der Waals surface area (Å²) in [7, 11) is 0. The molecule has 2 fully saturated rings. The van der Waals surface area contributed by atoms with E-state index in [1.54, 1.807) is 12.1 Å². The number of nitrogens with zero attached hydrogens (tertiary/aromatic N) is 2. The molecule has 2 saturated heterocycles. The van der Waals surface area contributed by atoms with Gasteiger partial charge in [0.15, 0.2) is 0 Å². The fourth-order valence-corrected chi connectivity index (χ4v) is 3.47. The molecular formula is C21H24N4O3. The van der Waals surface area contributed by atoms with E-state index in [0.29, 0.717) is 18.5 Å². The average molecular weight is 380 g/mol. The van der Waals surface area contributed by atoms with Crippen molar-refractivity contribution in [3.05, 3.63) is 53.7 Å². The maximum atomic E-state index is 12.3. The second kappa shape index (κ2) is 8.50. The normalized spacial score (nSPS) is 20.0. The summed E-state index contributed by atoms with van der Waals surface area (Å²) in [6.45, 7) is 4.97. The van der Waals surface area contributed by atoms with Crippen LogP contribution < -0.4 is 10.6 Å². The van der Waals surface area contributed by atoms with Crippen LogP contribution in [0.3, 0.4) is 0 Å². The molecule has 1 aromatic heterocycles. The number of carbonyl (C=O) groups is 2. The summed E-state index contributed by atoms with van der Waals surface area (Å²) >= 11 is 0. The van der Waals surface area contributed by atoms with Gasteiger partial charge in [0.05, 0.1) is 18.9 Å². The molecule has 0 saturated carbocycles. The first kappa shape index (κ1) is 18.6. The van der Waals surface area contributed by atoms with E-state index in [-0.39, 0.29) is 11.8 Å². The molecule has 0 bridgehead atoms. The smallest absolute Gasteiger partial charge is 0.251 e. The predicted molar refractivity (Wildman–Crippen MR) is 105 cm³/mol. The molecule has 4 rings (SSSR count). The average Bonchev–Trinajstić information content (AvgIpc) is 3.14. The van der Waals surface area contributed by atoms with Crippen LogP contribution in [0.1, 0.15) is 22.3 Å². The van der Waals surface area contributed by atoms with Crippen LogP contribution in [0.5, 0.6) is 0 Å². The lowest BCUT2D eigenvalue weighted by molar-refractivity contribution is -0.120. The highest BCUT2D eigenvalue weighted by Gasteiger charge is 2.25. The zero-order valence-corrected chi connectivity index (χ0v) is 15.7. The minimum Gasteiger partial charge on any atom is -0.379 e. The summed E-state index contributed by atoms with van der Waals surface area (Å²) in [6, 6.07) is 11.0. The maximum Gasteiger partial charge on any atom is 0.251 e. The fourth-order valence-electron chi connectivity index (χ4n) is 3.47. The Morgan fingerprint density at radius 3 is 2.61 bits per heavy atom. The monoisotopic (exact) mass is 380 g/mol. The van der Waals surface area contributed by atoms with Gasteiger partial charge in [-0.25, -0.2) is 0 Å². The van der Waals surface area contributed by atoms with Gasteiger partial charge in [-0.15, -0.1) is 0 Å². The lowest BCUT2D eigenvalue weighted by Gasteiger charge is -2.26. The molecule has 2 aromatic rings. The molecule has 146 valence electrons. The van der Waals surface area contributed by atoms with Gasteiger partial charge in [-0.05, 0) is 30.2 Å². The van der Waals surface area contributed by atoms with Gasteiger partial charge in [0.25, 0.3) is 5.91 Å². The van der Waals surface area contributed by atoms with E-state index in [0.717, 1.165) is 44.1 Å². The number of amides is 2. The molecule has 1 atom stereocenters. The van der Waals surface area contributed by atoms with Crippen LogP contribution in [0, 0.1) is 0 Å². The van der Waals surface area contributed by atoms with Gasteiger partial charge in [0, 0.05) is 43.5 Å². The summed E-state index contributed by atoms with van der Waals surface area (Å²) in [5, 5.41) is 5.49. The number of rotatable bonds is 5. The zero-order valence-electron chi connectivity index (χ0n) is 15.7. The van der Waals surface area contributed by atoms with E-state index in [1.165, 1.54) is 5.56 Å². The molecule has 28 heavy (non-hydrogen) atoms. The Labute approximate surface area is 164 Å². The molecule has 0 unspecified atom stereocenters. The van der Waals surface area contributed by atoms with E-state index >= 15 is 0 Å². The largest absolute Gasteiger partial charge is 0.379 e. The highest BCUT2D eigenvalue weighted by atomic mass is 16.5. The molecule has 2 aliphatic heterocycles. The molecule has 0 aliphatic carbocycles. The molecule has 2 aliphatic rings. The molecule has 3 heterocycles. The fraction of sp³-hybridized carbons (Fsp3) is 0.381. The molecule has 1 aromatic carbocycles. The highest BCUT2D eigenvalue weighted by Crippen LogP contribution is 2.19. The summed E-state index contributed by atoms with van der Waals surface area (Å²) < 4.78 is 5.38. The number of morpholine rings is 1. The number of hydrogen-bond acceptors (Lipinski definition) is 5. The molecule has 7 nitrogen and oxygen atoms in total. The SMILES string of the molecule is O=C(N[C@H]1CCNC1=O)c1ccc(-c2ccc(CN3CCOCC3)cn2)cc1. The van der Waals surface area contributed by atoms with Crippen LogP contribution >= 0.6 is 0 Å². The van der Waals surface area contributed by atoms with Crippen LogP contribution in [0.2, 0.25) is 0 Å². The number of ether oxygens (including phenoxy) is 1. The third-order valence-electron chi connectivity index (χ3n) is 5.13. The summed E-state index contributed by atoms with van der Waals surface area (Å²) in [5.41, 5.74) is 3.53. The van der Waals surface area contributed by atoms with Crippen molar-refractivity contribution < 1.29 is 14.3 Å². The van der Waals surface area contributed by atoms with Gasteiger partial charge >= 0.3 is 0 Å². The quantitative estimate of drug-likeness (QED) is 0.814. The van der Waals surface area contributed by atoms with Crippen molar-refractivity contribution in [2.24, 2.45) is 0 Å². The van der Waals surface area contributed by atoms with Crippen LogP contribution in [-0.4, -0.2) is 60.6 Å². The molecule has 2 N–H and O–H groups in total. The van der Waals surface area contributed by atoms with Crippen LogP contribution in [0.4, 0.5) is 0 Å². The van der Waals surface area contributed by atoms with E-state index in [4.69, 9.17) is 4.74 Å². The van der Waals surface area contributed by atoms with Gasteiger partial charge in [0.2, 0.25) is 5.91 Å². The summed E-state index contributed by atoms with van der Waals surface area (Å²) in [6.07, 6.45) is 2.54. The van der Waals surface area contributed by atoms with E-state index in [1.807, 2.05) is 24.4 Å². The Bertz CT molecular complexity index is 830. The van der Waals surface area contributed by atoms with Crippen molar-refractivity contribution in [3.63, 3.8) is 0 Å². The molecular weight excluding hydrogens is 356 g/mol. The molecule has 7 heteroatoms. The van der Waals surface area contributed by atoms with E-state index < -0.39 is 6.04 Å². The van der Waals surface area contributed by atoms with Crippen molar-refractivity contribution in [3.8, 4) is 11.3 Å². The van der Waals surface area contributed by atoms with Crippen molar-refractivity contribution >= 4 is 11.8 Å². The lowest BCUT2D eigenvalue weighted by Crippen LogP contribution is -2.40. The van der Waals surface area contributed by atoms with Crippen LogP contribution in [0.15, 0.2) is 42.6 Å². The molecule has 0 spiro atoms. The van der Waals surface area contributed by atoms with Crippen molar-refractivity contribution in [2.45, 2.75) is 19.0 Å². The minimum absolute atomic E-state index is 0.119. The summed E-state index contributed by atoms with van der Waals surface area (Å²) in [5.74, 6) is -0.353. The number of carbonyl (C=O) groups excluding carboxylic acids is 2. The van der Waals surface area contributed by atoms with Gasteiger partial charge in [-0.2, -0.15) is 0 Å². The first-order valence-electron chi connectivity index (χ1n) is 9.63. The Morgan fingerprint density at radius 2 is 1.96 bits per heavy atom. The standard InChI is InChI=1S/C21H24N4O3/c26-20(24-19-7-8-22-21(19)27)17-4-2-16(3-5-17)18-6-1-15(13-23-18)14-25-9-11-28-12-10-25/h1-6,13,19H,7-12,14H2,(H,22,27)(H,24,26)/t19-/m0/s1. The highest BCUT2D eigenvalue weighted by molar-refractivity contribution is 5.98. The predicted octanol–water partition coefficient (Wildman–Crippen LogP) is 1.20. The topological polar surface area (TPSA) is 83.6 Å². The van der Waals surface area contributed by atoms with Gasteiger partial charge < -0.3 is 15.4 Å². The molecule has 0 radical (unpaired) electrons. The van der Waals surface area contributed by atoms with Gasteiger partial charge in [0.1, 0.15) is 6.04 Å².